The van der Waals surface area contributed by atoms with Crippen molar-refractivity contribution >= 4 is 12.4 Å². The van der Waals surface area contributed by atoms with Crippen molar-refractivity contribution < 1.29 is 24.8 Å². The lowest BCUT2D eigenvalue weighted by molar-refractivity contribution is 0.193. The monoisotopic (exact) mass is 386 g/mol. The topological polar surface area (TPSA) is 104 Å². The molecule has 2 aromatic carbocycles. The summed E-state index contributed by atoms with van der Waals surface area (Å²) < 4.78 is 10.6. The lowest BCUT2D eigenvalue weighted by Crippen LogP contribution is -2.15. The van der Waals surface area contributed by atoms with Gasteiger partial charge in [-0.3, -0.25) is 9.98 Å². The fourth-order valence-corrected chi connectivity index (χ4v) is 2.43. The molecule has 0 radical (unpaired) electrons. The van der Waals surface area contributed by atoms with E-state index >= 15 is 0 Å². The minimum absolute atomic E-state index is 0.0188. The van der Waals surface area contributed by atoms with Gasteiger partial charge >= 0.3 is 0 Å². The second-order valence-corrected chi connectivity index (χ2v) is 5.90. The van der Waals surface area contributed by atoms with Crippen LogP contribution in [-0.4, -0.2) is 60.2 Å². The molecule has 0 fully saturated rings. The predicted molar refractivity (Wildman–Crippen MR) is 109 cm³/mol. The third-order valence-electron chi connectivity index (χ3n) is 3.75. The molecule has 3 N–H and O–H groups in total. The Kier molecular flexibility index (Phi) is 8.30. The minimum Gasteiger partial charge on any atom is -0.504 e. The number of aliphatic imine (C=N–C) groups is 2. The average Bonchev–Trinajstić information content (AvgIpc) is 2.68. The number of phenols is 2. The van der Waals surface area contributed by atoms with Crippen LogP contribution in [0.15, 0.2) is 46.4 Å². The molecule has 0 atom stereocenters. The maximum atomic E-state index is 10.1. The van der Waals surface area contributed by atoms with Crippen LogP contribution in [0, 0.1) is 0 Å². The Bertz CT molecular complexity index is 753. The van der Waals surface area contributed by atoms with E-state index < -0.39 is 6.10 Å². The highest BCUT2D eigenvalue weighted by Gasteiger charge is 2.07. The summed E-state index contributed by atoms with van der Waals surface area (Å²) in [5.74, 6) is 0.826. The Hall–Kier alpha value is -3.06. The van der Waals surface area contributed by atoms with Crippen LogP contribution in [0.1, 0.15) is 25.0 Å². The number of ether oxygens (including phenoxy) is 2. The van der Waals surface area contributed by atoms with Gasteiger partial charge in [-0.1, -0.05) is 12.1 Å². The molecule has 7 nitrogen and oxygen atoms in total. The zero-order valence-electron chi connectivity index (χ0n) is 16.1. The molecule has 150 valence electrons. The first-order chi connectivity index (χ1) is 13.6. The lowest BCUT2D eigenvalue weighted by atomic mass is 10.2. The van der Waals surface area contributed by atoms with Gasteiger partial charge in [0.2, 0.25) is 0 Å². The number of aromatic hydroxyl groups is 2. The van der Waals surface area contributed by atoms with Gasteiger partial charge in [0.25, 0.3) is 0 Å². The predicted octanol–water partition coefficient (Wildman–Crippen LogP) is 2.79. The molecule has 28 heavy (non-hydrogen) atoms. The number of hydrogen-bond acceptors (Lipinski definition) is 7. The van der Waals surface area contributed by atoms with E-state index in [1.54, 1.807) is 36.4 Å². The van der Waals surface area contributed by atoms with E-state index in [-0.39, 0.29) is 24.6 Å². The van der Waals surface area contributed by atoms with Gasteiger partial charge in [-0.15, -0.1) is 0 Å². The zero-order chi connectivity index (χ0) is 20.4. The van der Waals surface area contributed by atoms with E-state index in [9.17, 15) is 15.3 Å². The Morgan fingerprint density at radius 2 is 1.25 bits per heavy atom. The van der Waals surface area contributed by atoms with Crippen LogP contribution in [0.3, 0.4) is 0 Å². The molecule has 0 aliphatic heterocycles. The summed E-state index contributed by atoms with van der Waals surface area (Å²) in [4.78, 5) is 8.30. The molecule has 2 aromatic rings. The fourth-order valence-electron chi connectivity index (χ4n) is 2.43. The van der Waals surface area contributed by atoms with Crippen LogP contribution in [0.2, 0.25) is 0 Å². The molecule has 0 aliphatic carbocycles. The van der Waals surface area contributed by atoms with E-state index in [0.717, 1.165) is 0 Å². The van der Waals surface area contributed by atoms with Crippen LogP contribution in [0.4, 0.5) is 0 Å². The van der Waals surface area contributed by atoms with E-state index in [1.165, 1.54) is 12.4 Å². The Balaban J connectivity index is 1.90. The average molecular weight is 386 g/mol. The number of nitrogens with zero attached hydrogens (tertiary/aromatic N) is 2. The van der Waals surface area contributed by atoms with E-state index in [0.29, 0.717) is 35.8 Å². The molecule has 0 aliphatic rings. The SMILES string of the molecule is CCOc1cccc(C=NCC(O)CN=Cc2cccc(OCC)c2O)c1O. The summed E-state index contributed by atoms with van der Waals surface area (Å²) in [7, 11) is 0. The first-order valence-corrected chi connectivity index (χ1v) is 9.14. The van der Waals surface area contributed by atoms with Crippen molar-refractivity contribution in [3.8, 4) is 23.0 Å². The smallest absolute Gasteiger partial charge is 0.166 e. The highest BCUT2D eigenvalue weighted by molar-refractivity contribution is 5.85. The molecule has 0 saturated heterocycles. The largest absolute Gasteiger partial charge is 0.504 e. The van der Waals surface area contributed by atoms with Gasteiger partial charge in [-0.2, -0.15) is 0 Å². The van der Waals surface area contributed by atoms with E-state index in [1.807, 2.05) is 13.8 Å². The van der Waals surface area contributed by atoms with Crippen LogP contribution >= 0.6 is 0 Å². The van der Waals surface area contributed by atoms with Crippen LogP contribution in [0.25, 0.3) is 0 Å². The van der Waals surface area contributed by atoms with Gasteiger partial charge < -0.3 is 24.8 Å². The lowest BCUT2D eigenvalue weighted by Gasteiger charge is -2.08. The van der Waals surface area contributed by atoms with Gasteiger partial charge in [0.05, 0.1) is 32.4 Å². The van der Waals surface area contributed by atoms with E-state index in [4.69, 9.17) is 9.47 Å². The van der Waals surface area contributed by atoms with Gasteiger partial charge in [0, 0.05) is 23.6 Å². The molecular formula is C21H26N2O5. The first-order valence-electron chi connectivity index (χ1n) is 9.14. The summed E-state index contributed by atoms with van der Waals surface area (Å²) in [5.41, 5.74) is 1.03. The molecule has 2 rings (SSSR count). The van der Waals surface area contributed by atoms with Crippen molar-refractivity contribution in [2.45, 2.75) is 20.0 Å². The number of phenolic OH excluding ortho intramolecular Hbond substituents is 2. The molecule has 0 aromatic heterocycles. The number of aliphatic hydroxyl groups is 1. The highest BCUT2D eigenvalue weighted by atomic mass is 16.5. The number of benzene rings is 2. The van der Waals surface area contributed by atoms with Gasteiger partial charge in [0.15, 0.2) is 23.0 Å². The van der Waals surface area contributed by atoms with Gasteiger partial charge in [-0.25, -0.2) is 0 Å². The minimum atomic E-state index is -0.790. The van der Waals surface area contributed by atoms with Gasteiger partial charge in [-0.05, 0) is 38.1 Å². The number of para-hydroxylation sites is 2. The normalized spacial score (nSPS) is 12.5. The summed E-state index contributed by atoms with van der Waals surface area (Å²) in [5, 5.41) is 30.2. The maximum absolute atomic E-state index is 10.1. The second-order valence-electron chi connectivity index (χ2n) is 5.90. The fraction of sp³-hybridized carbons (Fsp3) is 0.333. The standard InChI is InChI=1S/C21H26N2O5/c1-3-27-18-9-5-7-15(20(18)25)11-22-13-17(24)14-23-12-16-8-6-10-19(21(16)26)28-4-2/h5-12,17,24-26H,3-4,13-14H2,1-2H3. The van der Waals surface area contributed by atoms with Crippen molar-refractivity contribution in [1.29, 1.82) is 0 Å². The van der Waals surface area contributed by atoms with Crippen molar-refractivity contribution in [2.75, 3.05) is 26.3 Å². The highest BCUT2D eigenvalue weighted by Crippen LogP contribution is 2.29. The molecule has 0 bridgehead atoms. The maximum Gasteiger partial charge on any atom is 0.166 e. The van der Waals surface area contributed by atoms with Crippen LogP contribution in [-0.2, 0) is 0 Å². The molecule has 0 spiro atoms. The third-order valence-corrected chi connectivity index (χ3v) is 3.75. The second kappa shape index (κ2) is 10.9. The summed E-state index contributed by atoms with van der Waals surface area (Å²) in [6.45, 7) is 4.83. The molecule has 7 heteroatoms. The zero-order valence-corrected chi connectivity index (χ0v) is 16.1. The number of hydrogen-bond donors (Lipinski definition) is 3. The van der Waals surface area contributed by atoms with Crippen LogP contribution < -0.4 is 9.47 Å². The molecule has 0 amide bonds. The van der Waals surface area contributed by atoms with Crippen molar-refractivity contribution in [3.63, 3.8) is 0 Å². The molecule has 0 saturated carbocycles. The molecular weight excluding hydrogens is 360 g/mol. The number of rotatable bonds is 10. The van der Waals surface area contributed by atoms with Crippen molar-refractivity contribution in [3.05, 3.63) is 47.5 Å². The summed E-state index contributed by atoms with van der Waals surface area (Å²) in [6.07, 6.45) is 2.19. The Morgan fingerprint density at radius 3 is 1.64 bits per heavy atom. The first kappa shape index (κ1) is 21.2. The van der Waals surface area contributed by atoms with Gasteiger partial charge in [0.1, 0.15) is 0 Å². The van der Waals surface area contributed by atoms with Crippen molar-refractivity contribution in [2.24, 2.45) is 9.98 Å². The Morgan fingerprint density at radius 1 is 0.821 bits per heavy atom. The van der Waals surface area contributed by atoms with E-state index in [2.05, 4.69) is 9.98 Å². The quantitative estimate of drug-likeness (QED) is 0.545. The summed E-state index contributed by atoms with van der Waals surface area (Å²) in [6, 6.07) is 10.3. The molecule has 0 heterocycles. The van der Waals surface area contributed by atoms with Crippen LogP contribution in [0.5, 0.6) is 23.0 Å². The third kappa shape index (κ3) is 5.99. The number of aliphatic hydroxyl groups excluding tert-OH is 1. The summed E-state index contributed by atoms with van der Waals surface area (Å²) >= 11 is 0. The Labute approximate surface area is 164 Å². The molecule has 0 unspecified atom stereocenters. The van der Waals surface area contributed by atoms with Crippen molar-refractivity contribution in [1.82, 2.24) is 0 Å².